The monoisotopic (exact) mass is 702 g/mol. The third kappa shape index (κ3) is 12.4. The van der Waals surface area contributed by atoms with Crippen LogP contribution >= 0.6 is 0 Å². The van der Waals surface area contributed by atoms with Crippen LogP contribution in [-0.2, 0) is 31.9 Å². The molecule has 4 aromatic rings. The topological polar surface area (TPSA) is 80.3 Å². The molecule has 4 aromatic carbocycles. The molecule has 9 heteroatoms. The summed E-state index contributed by atoms with van der Waals surface area (Å²) in [7, 11) is 1.54. The molecule has 0 N–H and O–H groups in total. The highest BCUT2D eigenvalue weighted by Crippen LogP contribution is 2.37. The molecule has 0 saturated carbocycles. The fourth-order valence-corrected chi connectivity index (χ4v) is 5.90. The van der Waals surface area contributed by atoms with Gasteiger partial charge in [-0.15, -0.1) is 0 Å². The van der Waals surface area contributed by atoms with Crippen LogP contribution in [0.4, 0.5) is 8.78 Å². The van der Waals surface area contributed by atoms with E-state index < -0.39 is 0 Å². The van der Waals surface area contributed by atoms with Crippen molar-refractivity contribution in [2.75, 3.05) is 33.5 Å². The molecular weight excluding hydrogens is 654 g/mol. The first kappa shape index (κ1) is 38.9. The fraction of sp³-hybridized carbons (Fsp3) is 0.381. The van der Waals surface area contributed by atoms with Gasteiger partial charge in [0.1, 0.15) is 28.9 Å². The second kappa shape index (κ2) is 20.7. The van der Waals surface area contributed by atoms with Gasteiger partial charge in [0.05, 0.1) is 33.5 Å². The highest BCUT2D eigenvalue weighted by Gasteiger charge is 2.15. The van der Waals surface area contributed by atoms with Crippen LogP contribution in [0, 0.1) is 11.6 Å². The molecule has 0 saturated heterocycles. The first-order valence-electron chi connectivity index (χ1n) is 17.7. The van der Waals surface area contributed by atoms with Crippen molar-refractivity contribution in [3.63, 3.8) is 0 Å². The summed E-state index contributed by atoms with van der Waals surface area (Å²) < 4.78 is 56.3. The second-order valence-electron chi connectivity index (χ2n) is 12.1. The first-order valence-corrected chi connectivity index (χ1v) is 17.7. The fourth-order valence-electron chi connectivity index (χ4n) is 5.90. The van der Waals surface area contributed by atoms with E-state index in [2.05, 4.69) is 6.07 Å². The number of unbranched alkanes of at least 4 members (excludes halogenated alkanes) is 3. The van der Waals surface area contributed by atoms with Gasteiger partial charge in [0.15, 0.2) is 0 Å². The van der Waals surface area contributed by atoms with Crippen LogP contribution in [0.2, 0.25) is 0 Å². The van der Waals surface area contributed by atoms with Crippen molar-refractivity contribution in [1.29, 1.82) is 0 Å². The largest absolute Gasteiger partial charge is 0.496 e. The lowest BCUT2D eigenvalue weighted by Crippen LogP contribution is -2.10. The Morgan fingerprint density at radius 2 is 1.31 bits per heavy atom. The minimum absolute atomic E-state index is 0.241. The minimum atomic E-state index is -0.388. The Kier molecular flexibility index (Phi) is 15.8. The molecule has 0 spiro atoms. The molecule has 0 radical (unpaired) electrons. The average Bonchev–Trinajstić information content (AvgIpc) is 3.12. The van der Waals surface area contributed by atoms with Crippen molar-refractivity contribution in [3.8, 4) is 39.5 Å². The van der Waals surface area contributed by atoms with Crippen molar-refractivity contribution in [2.24, 2.45) is 0 Å². The summed E-state index contributed by atoms with van der Waals surface area (Å²) in [5.74, 6) is 0.627. The molecule has 0 aromatic heterocycles. The molecule has 0 aliphatic heterocycles. The molecule has 272 valence electrons. The van der Waals surface area contributed by atoms with Crippen LogP contribution in [0.15, 0.2) is 78.9 Å². The Morgan fingerprint density at radius 3 is 2.08 bits per heavy atom. The lowest BCUT2D eigenvalue weighted by atomic mass is 9.96. The number of methoxy groups -OCH3 is 1. The summed E-state index contributed by atoms with van der Waals surface area (Å²) in [5, 5.41) is 0. The predicted octanol–water partition coefficient (Wildman–Crippen LogP) is 9.71. The van der Waals surface area contributed by atoms with E-state index in [-0.39, 0.29) is 36.4 Å². The highest BCUT2D eigenvalue weighted by molar-refractivity contribution is 5.78. The van der Waals surface area contributed by atoms with Gasteiger partial charge in [-0.3, -0.25) is 9.59 Å². The average molecular weight is 703 g/mol. The number of hydrogen-bond acceptors (Lipinski definition) is 7. The number of esters is 2. The summed E-state index contributed by atoms with van der Waals surface area (Å²) in [6.45, 7) is 5.12. The summed E-state index contributed by atoms with van der Waals surface area (Å²) in [4.78, 5) is 23.9. The maximum absolute atomic E-state index is 14.3. The second-order valence-corrected chi connectivity index (χ2v) is 12.1. The van der Waals surface area contributed by atoms with Gasteiger partial charge >= 0.3 is 11.9 Å². The summed E-state index contributed by atoms with van der Waals surface area (Å²) in [5.41, 5.74) is 4.84. The van der Waals surface area contributed by atoms with Gasteiger partial charge < -0.3 is 23.7 Å². The Labute approximate surface area is 299 Å². The zero-order valence-corrected chi connectivity index (χ0v) is 29.8. The van der Waals surface area contributed by atoms with Crippen molar-refractivity contribution in [3.05, 3.63) is 102 Å². The highest BCUT2D eigenvalue weighted by atomic mass is 19.1. The minimum Gasteiger partial charge on any atom is -0.496 e. The van der Waals surface area contributed by atoms with Crippen molar-refractivity contribution < 1.29 is 42.1 Å². The van der Waals surface area contributed by atoms with Crippen LogP contribution < -0.4 is 14.2 Å². The van der Waals surface area contributed by atoms with Gasteiger partial charge in [0, 0.05) is 18.4 Å². The third-order valence-electron chi connectivity index (χ3n) is 8.35. The van der Waals surface area contributed by atoms with Gasteiger partial charge in [-0.25, -0.2) is 8.78 Å². The van der Waals surface area contributed by atoms with E-state index in [1.807, 2.05) is 36.4 Å². The third-order valence-corrected chi connectivity index (χ3v) is 8.35. The Hall–Kier alpha value is -4.92. The van der Waals surface area contributed by atoms with E-state index in [1.165, 1.54) is 31.4 Å². The normalized spacial score (nSPS) is 10.8. The smallest absolute Gasteiger partial charge is 0.306 e. The molecular formula is C42H48F2O7. The van der Waals surface area contributed by atoms with Crippen LogP contribution in [0.3, 0.4) is 0 Å². The van der Waals surface area contributed by atoms with E-state index in [0.29, 0.717) is 67.5 Å². The van der Waals surface area contributed by atoms with Gasteiger partial charge in [0.25, 0.3) is 0 Å². The lowest BCUT2D eigenvalue weighted by Gasteiger charge is -2.16. The van der Waals surface area contributed by atoms with E-state index in [4.69, 9.17) is 23.7 Å². The molecule has 0 aliphatic rings. The molecule has 0 amide bonds. The van der Waals surface area contributed by atoms with E-state index in [9.17, 15) is 18.4 Å². The summed E-state index contributed by atoms with van der Waals surface area (Å²) >= 11 is 0. The Bertz CT molecular complexity index is 1720. The van der Waals surface area contributed by atoms with Gasteiger partial charge in [-0.05, 0) is 128 Å². The standard InChI is InChI=1S/C42H48F2O7/c1-4-48-41(45)18-12-24-51-40-17-11-14-30(37(40)20-22-42(46)49-5-2)13-8-6-7-9-23-50-36-27-32(31-15-10-16-34(43)26-31)25-33(28-36)38-29-35(44)19-21-39(38)47-3/h10-11,14-17,19,21,25-29H,4-9,12-13,18,20,22-24H2,1-3H3. The number of carbonyl (C=O) groups is 2. The number of benzene rings is 4. The number of halogens is 2. The molecule has 7 nitrogen and oxygen atoms in total. The van der Waals surface area contributed by atoms with E-state index in [1.54, 1.807) is 26.0 Å². The molecule has 0 aliphatic carbocycles. The van der Waals surface area contributed by atoms with Crippen LogP contribution in [0.1, 0.15) is 69.9 Å². The Morgan fingerprint density at radius 1 is 0.608 bits per heavy atom. The first-order chi connectivity index (χ1) is 24.8. The SMILES string of the molecule is CCOC(=O)CCCOc1cccc(CCCCCCOc2cc(-c3cccc(F)c3)cc(-c3cc(F)ccc3OC)c2)c1CCC(=O)OCC. The van der Waals surface area contributed by atoms with Gasteiger partial charge in [0.2, 0.25) is 0 Å². The van der Waals surface area contributed by atoms with Crippen molar-refractivity contribution >= 4 is 11.9 Å². The zero-order chi connectivity index (χ0) is 36.4. The Balaban J connectivity index is 1.35. The number of hydrogen-bond donors (Lipinski definition) is 0. The zero-order valence-electron chi connectivity index (χ0n) is 29.8. The maximum Gasteiger partial charge on any atom is 0.306 e. The molecule has 0 bridgehead atoms. The van der Waals surface area contributed by atoms with Crippen LogP contribution in [-0.4, -0.2) is 45.5 Å². The molecule has 4 rings (SSSR count). The molecule has 0 unspecified atom stereocenters. The van der Waals surface area contributed by atoms with E-state index in [0.717, 1.165) is 54.5 Å². The quantitative estimate of drug-likeness (QED) is 0.0632. The number of rotatable bonds is 21. The molecule has 0 fully saturated rings. The maximum atomic E-state index is 14.3. The van der Waals surface area contributed by atoms with Crippen LogP contribution in [0.25, 0.3) is 22.3 Å². The molecule has 0 atom stereocenters. The summed E-state index contributed by atoms with van der Waals surface area (Å²) in [6.07, 6.45) is 6.10. The van der Waals surface area contributed by atoms with Crippen molar-refractivity contribution in [2.45, 2.75) is 71.6 Å². The number of carbonyl (C=O) groups excluding carboxylic acids is 2. The lowest BCUT2D eigenvalue weighted by molar-refractivity contribution is -0.144. The van der Waals surface area contributed by atoms with E-state index >= 15 is 0 Å². The number of aryl methyl sites for hydroxylation is 1. The summed E-state index contributed by atoms with van der Waals surface area (Å²) in [6, 6.07) is 22.2. The molecule has 51 heavy (non-hydrogen) atoms. The molecule has 0 heterocycles. The van der Waals surface area contributed by atoms with Crippen molar-refractivity contribution in [1.82, 2.24) is 0 Å². The number of ether oxygens (including phenoxy) is 5. The van der Waals surface area contributed by atoms with Crippen LogP contribution in [0.5, 0.6) is 17.2 Å². The van der Waals surface area contributed by atoms with Gasteiger partial charge in [-0.2, -0.15) is 0 Å². The van der Waals surface area contributed by atoms with Gasteiger partial charge in [-0.1, -0.05) is 37.1 Å². The predicted molar refractivity (Wildman–Crippen MR) is 194 cm³/mol.